The minimum atomic E-state index is -1.85. The topological polar surface area (TPSA) is 131 Å². The quantitative estimate of drug-likeness (QED) is 0.399. The Morgan fingerprint density at radius 3 is 2.72 bits per heavy atom. The summed E-state index contributed by atoms with van der Waals surface area (Å²) in [5.74, 6) is -1.60. The van der Waals surface area contributed by atoms with Crippen LogP contribution in [-0.2, 0) is 44.4 Å². The lowest BCUT2D eigenvalue weighted by molar-refractivity contribution is -0.193. The minimum Gasteiger partial charge on any atom is -0.508 e. The average molecular weight is 494 g/mol. The number of aliphatic hydroxyl groups excluding tert-OH is 1. The highest BCUT2D eigenvalue weighted by molar-refractivity contribution is 5.90. The SMILES string of the molecule is CC[C@@]1(OC(=O)[C@H](C)O)C(=O)OCc2c1cc1n(c2=O)Cc2cc3c(CN(C)C)c(O)ccc3nc2-1. The molecular formula is C26H27N3O7. The third-order valence-corrected chi connectivity index (χ3v) is 6.84. The highest BCUT2D eigenvalue weighted by Crippen LogP contribution is 2.41. The van der Waals surface area contributed by atoms with Crippen molar-refractivity contribution < 1.29 is 29.3 Å². The number of cyclic esters (lactones) is 1. The second kappa shape index (κ2) is 8.42. The fraction of sp³-hybridized carbons (Fsp3) is 0.385. The minimum absolute atomic E-state index is 0.0192. The summed E-state index contributed by atoms with van der Waals surface area (Å²) in [6, 6.07) is 6.93. The van der Waals surface area contributed by atoms with Crippen molar-refractivity contribution in [3.63, 3.8) is 0 Å². The maximum absolute atomic E-state index is 13.6. The van der Waals surface area contributed by atoms with Crippen molar-refractivity contribution in [3.8, 4) is 17.1 Å². The molecule has 0 fully saturated rings. The maximum Gasteiger partial charge on any atom is 0.355 e. The van der Waals surface area contributed by atoms with E-state index in [4.69, 9.17) is 14.5 Å². The summed E-state index contributed by atoms with van der Waals surface area (Å²) < 4.78 is 12.3. The molecule has 0 saturated carbocycles. The number of aromatic hydroxyl groups is 1. The van der Waals surface area contributed by atoms with Crippen molar-refractivity contribution in [1.29, 1.82) is 0 Å². The highest BCUT2D eigenvalue weighted by atomic mass is 16.6. The van der Waals surface area contributed by atoms with Crippen LogP contribution in [0.5, 0.6) is 5.75 Å². The van der Waals surface area contributed by atoms with Crippen LogP contribution in [0.3, 0.4) is 0 Å². The normalized spacial score (nSPS) is 19.0. The molecule has 0 unspecified atom stereocenters. The predicted molar refractivity (Wildman–Crippen MR) is 129 cm³/mol. The molecule has 2 aliphatic heterocycles. The summed E-state index contributed by atoms with van der Waals surface area (Å²) in [6.45, 7) is 3.42. The molecule has 2 atom stereocenters. The van der Waals surface area contributed by atoms with Gasteiger partial charge >= 0.3 is 11.9 Å². The summed E-state index contributed by atoms with van der Waals surface area (Å²) in [5, 5.41) is 21.0. The number of ether oxygens (including phenoxy) is 2. The molecule has 188 valence electrons. The van der Waals surface area contributed by atoms with Crippen LogP contribution in [0.15, 0.2) is 29.1 Å². The molecule has 3 aromatic rings. The van der Waals surface area contributed by atoms with Crippen molar-refractivity contribution in [3.05, 3.63) is 56.9 Å². The number of esters is 2. The molecule has 2 N–H and O–H groups in total. The number of aromatic nitrogens is 2. The van der Waals surface area contributed by atoms with Gasteiger partial charge in [0.05, 0.1) is 29.0 Å². The molecule has 36 heavy (non-hydrogen) atoms. The zero-order chi connectivity index (χ0) is 25.9. The summed E-state index contributed by atoms with van der Waals surface area (Å²) in [7, 11) is 3.82. The van der Waals surface area contributed by atoms with E-state index in [-0.39, 0.29) is 42.0 Å². The zero-order valence-corrected chi connectivity index (χ0v) is 20.5. The smallest absolute Gasteiger partial charge is 0.355 e. The summed E-state index contributed by atoms with van der Waals surface area (Å²) in [4.78, 5) is 45.6. The molecule has 0 spiro atoms. The van der Waals surface area contributed by atoms with Crippen molar-refractivity contribution in [2.24, 2.45) is 0 Å². The fourth-order valence-corrected chi connectivity index (χ4v) is 5.00. The van der Waals surface area contributed by atoms with E-state index in [9.17, 15) is 24.6 Å². The molecule has 1 aromatic carbocycles. The molecule has 0 bridgehead atoms. The Bertz CT molecular complexity index is 1490. The van der Waals surface area contributed by atoms with Gasteiger partial charge in [-0.2, -0.15) is 0 Å². The van der Waals surface area contributed by atoms with Gasteiger partial charge in [0.15, 0.2) is 0 Å². The third kappa shape index (κ3) is 3.48. The molecule has 5 rings (SSSR count). The fourth-order valence-electron chi connectivity index (χ4n) is 5.00. The van der Waals surface area contributed by atoms with Gasteiger partial charge in [-0.15, -0.1) is 0 Å². The van der Waals surface area contributed by atoms with Gasteiger partial charge in [0, 0.05) is 28.6 Å². The zero-order valence-electron chi connectivity index (χ0n) is 20.5. The molecule has 4 heterocycles. The van der Waals surface area contributed by atoms with Crippen LogP contribution < -0.4 is 5.56 Å². The molecule has 10 heteroatoms. The van der Waals surface area contributed by atoms with Gasteiger partial charge in [-0.05, 0) is 51.7 Å². The Morgan fingerprint density at radius 2 is 2.06 bits per heavy atom. The number of benzene rings is 1. The van der Waals surface area contributed by atoms with E-state index in [0.29, 0.717) is 23.4 Å². The van der Waals surface area contributed by atoms with E-state index in [1.807, 2.05) is 25.1 Å². The van der Waals surface area contributed by atoms with Crippen LogP contribution in [0.25, 0.3) is 22.3 Å². The first-order valence-corrected chi connectivity index (χ1v) is 11.7. The summed E-state index contributed by atoms with van der Waals surface area (Å²) in [5.41, 5.74) is 1.53. The number of carbonyl (C=O) groups is 2. The van der Waals surface area contributed by atoms with Crippen LogP contribution in [0, 0.1) is 0 Å². The number of nitrogens with zero attached hydrogens (tertiary/aromatic N) is 3. The molecule has 2 aromatic heterocycles. The monoisotopic (exact) mass is 493 g/mol. The molecule has 0 radical (unpaired) electrons. The Hall–Kier alpha value is -3.76. The van der Waals surface area contributed by atoms with Gasteiger partial charge in [-0.3, -0.25) is 4.79 Å². The number of carbonyl (C=O) groups excluding carboxylic acids is 2. The summed E-state index contributed by atoms with van der Waals surface area (Å²) in [6.07, 6.45) is -1.44. The Kier molecular flexibility index (Phi) is 5.60. The lowest BCUT2D eigenvalue weighted by Gasteiger charge is -2.35. The van der Waals surface area contributed by atoms with Crippen molar-refractivity contribution in [2.75, 3.05) is 14.1 Å². The average Bonchev–Trinajstić information content (AvgIpc) is 3.19. The largest absolute Gasteiger partial charge is 0.508 e. The Balaban J connectivity index is 1.72. The second-order valence-corrected chi connectivity index (χ2v) is 9.53. The second-order valence-electron chi connectivity index (χ2n) is 9.53. The van der Waals surface area contributed by atoms with Crippen LogP contribution in [0.1, 0.15) is 42.5 Å². The van der Waals surface area contributed by atoms with Crippen LogP contribution in [-0.4, -0.2) is 56.8 Å². The predicted octanol–water partition coefficient (Wildman–Crippen LogP) is 1.78. The molecule has 2 aliphatic rings. The van der Waals surface area contributed by atoms with E-state index in [0.717, 1.165) is 16.5 Å². The summed E-state index contributed by atoms with van der Waals surface area (Å²) >= 11 is 0. The van der Waals surface area contributed by atoms with E-state index in [1.165, 1.54) is 6.92 Å². The Labute approximate surface area is 206 Å². The molecule has 0 amide bonds. The lowest BCUT2D eigenvalue weighted by Crippen LogP contribution is -2.48. The van der Waals surface area contributed by atoms with E-state index < -0.39 is 23.6 Å². The van der Waals surface area contributed by atoms with Gasteiger partial charge in [0.1, 0.15) is 18.5 Å². The number of aliphatic hydroxyl groups is 1. The molecular weight excluding hydrogens is 466 g/mol. The Morgan fingerprint density at radius 1 is 1.31 bits per heavy atom. The van der Waals surface area contributed by atoms with Crippen LogP contribution in [0.4, 0.5) is 0 Å². The van der Waals surface area contributed by atoms with Crippen LogP contribution >= 0.6 is 0 Å². The number of rotatable bonds is 5. The van der Waals surface area contributed by atoms with E-state index in [2.05, 4.69) is 0 Å². The van der Waals surface area contributed by atoms with Crippen LogP contribution in [0.2, 0.25) is 0 Å². The number of hydrogen-bond acceptors (Lipinski definition) is 9. The molecule has 0 saturated heterocycles. The third-order valence-electron chi connectivity index (χ3n) is 6.84. The first kappa shape index (κ1) is 24.0. The van der Waals surface area contributed by atoms with Gasteiger partial charge in [0.25, 0.3) is 5.56 Å². The van der Waals surface area contributed by atoms with Crippen molar-refractivity contribution >= 4 is 22.8 Å². The van der Waals surface area contributed by atoms with Gasteiger partial charge in [-0.25, -0.2) is 14.6 Å². The first-order chi connectivity index (χ1) is 17.1. The van der Waals surface area contributed by atoms with Gasteiger partial charge < -0.3 is 29.2 Å². The first-order valence-electron chi connectivity index (χ1n) is 11.7. The van der Waals surface area contributed by atoms with E-state index >= 15 is 0 Å². The molecule has 10 nitrogen and oxygen atoms in total. The standard InChI is InChI=1S/C26H27N3O7/c1-5-26(36-24(33)13(2)30)18-9-20-22-14(10-29(20)23(32)17(18)12-35-25(26)34)8-15-16(11-28(3)4)21(31)7-6-19(15)27-22/h6-9,13,30-31H,5,10-12H2,1-4H3/t13-,26-/m0/s1. The van der Waals surface area contributed by atoms with Gasteiger partial charge in [-0.1, -0.05) is 6.92 Å². The number of phenols is 1. The van der Waals surface area contributed by atoms with Crippen molar-refractivity contribution in [1.82, 2.24) is 14.5 Å². The highest BCUT2D eigenvalue weighted by Gasteiger charge is 2.50. The number of pyridine rings is 2. The number of fused-ring (bicyclic) bond motifs is 5. The van der Waals surface area contributed by atoms with E-state index in [1.54, 1.807) is 29.7 Å². The van der Waals surface area contributed by atoms with Crippen molar-refractivity contribution in [2.45, 2.75) is 51.7 Å². The number of hydrogen-bond donors (Lipinski definition) is 2. The maximum atomic E-state index is 13.6. The lowest BCUT2D eigenvalue weighted by atomic mass is 9.85. The number of phenolic OH excluding ortho intramolecular Hbond substituents is 1. The van der Waals surface area contributed by atoms with Gasteiger partial charge in [0.2, 0.25) is 5.60 Å². The molecule has 0 aliphatic carbocycles.